The molecular formula is C16H17F2N3O4S. The largest absolute Gasteiger partial charge is 0.485 e. The minimum absolute atomic E-state index is 0.0277. The number of halogens is 2. The van der Waals surface area contributed by atoms with Gasteiger partial charge in [-0.2, -0.15) is 0 Å². The summed E-state index contributed by atoms with van der Waals surface area (Å²) in [6.45, 7) is 3.32. The Morgan fingerprint density at radius 2 is 1.96 bits per heavy atom. The molecule has 0 bridgehead atoms. The summed E-state index contributed by atoms with van der Waals surface area (Å²) in [4.78, 5) is 12.5. The number of hydrogen-bond acceptors (Lipinski definition) is 4. The summed E-state index contributed by atoms with van der Waals surface area (Å²) in [6, 6.07) is 2.41. The van der Waals surface area contributed by atoms with Crippen LogP contribution < -0.4 is 14.8 Å². The molecule has 0 fully saturated rings. The van der Waals surface area contributed by atoms with Crippen LogP contribution in [0.3, 0.4) is 0 Å². The first-order chi connectivity index (χ1) is 12.1. The standard InChI is InChI=1S/C16H17F2N3O4S/c1-8-9(2)25-15-13(26(23,24)20-8)7-21(3)14(15)16(22)19-10-4-5-11(17)12(18)6-10/h4-9,20H,1-3H3,(H,19,22). The smallest absolute Gasteiger partial charge is 0.276 e. The summed E-state index contributed by atoms with van der Waals surface area (Å²) in [5.41, 5.74) is -0.0177. The van der Waals surface area contributed by atoms with Gasteiger partial charge in [0.2, 0.25) is 10.0 Å². The maximum Gasteiger partial charge on any atom is 0.276 e. The summed E-state index contributed by atoms with van der Waals surface area (Å²) in [7, 11) is -2.38. The minimum atomic E-state index is -3.87. The number of aryl methyl sites for hydroxylation is 1. The van der Waals surface area contributed by atoms with Crippen molar-refractivity contribution in [3.63, 3.8) is 0 Å². The molecule has 7 nitrogen and oxygen atoms in total. The van der Waals surface area contributed by atoms with E-state index in [-0.39, 0.29) is 22.0 Å². The summed E-state index contributed by atoms with van der Waals surface area (Å²) >= 11 is 0. The number of carbonyl (C=O) groups is 1. The van der Waals surface area contributed by atoms with E-state index in [1.54, 1.807) is 13.8 Å². The molecule has 1 aliphatic rings. The molecule has 2 unspecified atom stereocenters. The van der Waals surface area contributed by atoms with Crippen LogP contribution in [0.1, 0.15) is 24.3 Å². The first-order valence-electron chi connectivity index (χ1n) is 7.75. The molecule has 2 heterocycles. The zero-order valence-electron chi connectivity index (χ0n) is 14.2. The Labute approximate surface area is 149 Å². The summed E-state index contributed by atoms with van der Waals surface area (Å²) in [5, 5.41) is 2.42. The van der Waals surface area contributed by atoms with Gasteiger partial charge in [0.05, 0.1) is 6.04 Å². The van der Waals surface area contributed by atoms with Crippen molar-refractivity contribution >= 4 is 21.6 Å². The predicted molar refractivity (Wildman–Crippen MR) is 89.6 cm³/mol. The Bertz CT molecular complexity index is 988. The average molecular weight is 385 g/mol. The van der Waals surface area contributed by atoms with E-state index in [9.17, 15) is 22.0 Å². The Morgan fingerprint density at radius 3 is 2.62 bits per heavy atom. The lowest BCUT2D eigenvalue weighted by molar-refractivity contribution is 0.101. The molecule has 1 aromatic heterocycles. The Morgan fingerprint density at radius 1 is 1.27 bits per heavy atom. The fraction of sp³-hybridized carbons (Fsp3) is 0.312. The SMILES string of the molecule is CC1NS(=O)(=O)c2cn(C)c(C(=O)Nc3ccc(F)c(F)c3)c2OC1C. The zero-order valence-corrected chi connectivity index (χ0v) is 15.0. The van der Waals surface area contributed by atoms with E-state index >= 15 is 0 Å². The van der Waals surface area contributed by atoms with E-state index < -0.39 is 39.7 Å². The highest BCUT2D eigenvalue weighted by Crippen LogP contribution is 2.34. The number of anilines is 1. The minimum Gasteiger partial charge on any atom is -0.485 e. The molecule has 10 heteroatoms. The Hall–Kier alpha value is -2.46. The van der Waals surface area contributed by atoms with Crippen LogP contribution in [-0.2, 0) is 17.1 Å². The number of nitrogens with one attached hydrogen (secondary N) is 2. The van der Waals surface area contributed by atoms with E-state index in [2.05, 4.69) is 10.0 Å². The second-order valence-corrected chi connectivity index (χ2v) is 7.78. The van der Waals surface area contributed by atoms with Gasteiger partial charge in [0.15, 0.2) is 23.1 Å². The Balaban J connectivity index is 2.02. The van der Waals surface area contributed by atoms with Gasteiger partial charge in [-0.25, -0.2) is 21.9 Å². The molecule has 0 saturated carbocycles. The van der Waals surface area contributed by atoms with E-state index in [1.807, 2.05) is 0 Å². The van der Waals surface area contributed by atoms with Gasteiger partial charge in [0, 0.05) is 25.0 Å². The number of fused-ring (bicyclic) bond motifs is 1. The van der Waals surface area contributed by atoms with E-state index in [0.29, 0.717) is 0 Å². The van der Waals surface area contributed by atoms with Gasteiger partial charge in [-0.1, -0.05) is 0 Å². The number of rotatable bonds is 2. The van der Waals surface area contributed by atoms with E-state index in [1.165, 1.54) is 23.9 Å². The van der Waals surface area contributed by atoms with Gasteiger partial charge in [0.1, 0.15) is 11.0 Å². The first kappa shape index (κ1) is 18.3. The van der Waals surface area contributed by atoms with Crippen LogP contribution in [0.15, 0.2) is 29.3 Å². The fourth-order valence-electron chi connectivity index (χ4n) is 2.60. The highest BCUT2D eigenvalue weighted by Gasteiger charge is 2.36. The average Bonchev–Trinajstić information content (AvgIpc) is 2.84. The molecular weight excluding hydrogens is 368 g/mol. The monoisotopic (exact) mass is 385 g/mol. The third-order valence-electron chi connectivity index (χ3n) is 4.13. The highest BCUT2D eigenvalue weighted by molar-refractivity contribution is 7.89. The zero-order chi connectivity index (χ0) is 19.2. The number of ether oxygens (including phenoxy) is 1. The molecule has 0 saturated heterocycles. The molecule has 2 aromatic rings. The molecule has 2 N–H and O–H groups in total. The molecule has 140 valence electrons. The van der Waals surface area contributed by atoms with Crippen LogP contribution in [0.4, 0.5) is 14.5 Å². The third-order valence-corrected chi connectivity index (χ3v) is 5.69. The molecule has 1 aliphatic heterocycles. The second-order valence-electron chi connectivity index (χ2n) is 6.10. The molecule has 1 aromatic carbocycles. The van der Waals surface area contributed by atoms with Crippen LogP contribution in [0.25, 0.3) is 0 Å². The number of carbonyl (C=O) groups excluding carboxylic acids is 1. The molecule has 2 atom stereocenters. The number of sulfonamides is 1. The second kappa shape index (κ2) is 6.36. The van der Waals surface area contributed by atoms with Crippen molar-refractivity contribution in [2.45, 2.75) is 30.9 Å². The molecule has 0 radical (unpaired) electrons. The van der Waals surface area contributed by atoms with Gasteiger partial charge >= 0.3 is 0 Å². The van der Waals surface area contributed by atoms with Crippen molar-refractivity contribution in [1.82, 2.24) is 9.29 Å². The number of aromatic nitrogens is 1. The number of amides is 1. The van der Waals surface area contributed by atoms with Gasteiger partial charge < -0.3 is 14.6 Å². The van der Waals surface area contributed by atoms with E-state index in [4.69, 9.17) is 4.74 Å². The molecule has 1 amide bonds. The van der Waals surface area contributed by atoms with Crippen LogP contribution in [0.2, 0.25) is 0 Å². The topological polar surface area (TPSA) is 89.4 Å². The maximum absolute atomic E-state index is 13.3. The lowest BCUT2D eigenvalue weighted by Gasteiger charge is -2.18. The number of hydrogen-bond donors (Lipinski definition) is 2. The normalized spacial score (nSPS) is 21.4. The van der Waals surface area contributed by atoms with Gasteiger partial charge in [0.25, 0.3) is 5.91 Å². The summed E-state index contributed by atoms with van der Waals surface area (Å²) in [5.74, 6) is -2.95. The van der Waals surface area contributed by atoms with E-state index in [0.717, 1.165) is 12.1 Å². The van der Waals surface area contributed by atoms with Crippen molar-refractivity contribution in [1.29, 1.82) is 0 Å². The summed E-state index contributed by atoms with van der Waals surface area (Å²) < 4.78 is 60.7. The quantitative estimate of drug-likeness (QED) is 0.828. The first-order valence-corrected chi connectivity index (χ1v) is 9.23. The lowest BCUT2D eigenvalue weighted by atomic mass is 10.2. The maximum atomic E-state index is 13.3. The van der Waals surface area contributed by atoms with Crippen molar-refractivity contribution in [3.05, 3.63) is 41.7 Å². The molecule has 3 rings (SSSR count). The Kier molecular flexibility index (Phi) is 4.49. The van der Waals surface area contributed by atoms with Crippen LogP contribution in [0.5, 0.6) is 5.75 Å². The van der Waals surface area contributed by atoms with Gasteiger partial charge in [-0.05, 0) is 26.0 Å². The third kappa shape index (κ3) is 3.17. The highest BCUT2D eigenvalue weighted by atomic mass is 32.2. The van der Waals surface area contributed by atoms with Crippen molar-refractivity contribution < 1.29 is 26.7 Å². The number of nitrogens with zero attached hydrogens (tertiary/aromatic N) is 1. The van der Waals surface area contributed by atoms with Crippen molar-refractivity contribution in [2.24, 2.45) is 7.05 Å². The van der Waals surface area contributed by atoms with Crippen molar-refractivity contribution in [3.8, 4) is 5.75 Å². The molecule has 0 spiro atoms. The van der Waals surface area contributed by atoms with Crippen LogP contribution in [0, 0.1) is 11.6 Å². The lowest BCUT2D eigenvalue weighted by Crippen LogP contribution is -2.39. The molecule has 0 aliphatic carbocycles. The predicted octanol–water partition coefficient (Wildman–Crippen LogP) is 2.00. The summed E-state index contributed by atoms with van der Waals surface area (Å²) in [6.07, 6.45) is 0.742. The fourth-order valence-corrected chi connectivity index (χ4v) is 4.09. The van der Waals surface area contributed by atoms with Crippen LogP contribution >= 0.6 is 0 Å². The number of benzene rings is 1. The van der Waals surface area contributed by atoms with Crippen molar-refractivity contribution in [2.75, 3.05) is 5.32 Å². The van der Waals surface area contributed by atoms with Crippen LogP contribution in [-0.4, -0.2) is 31.0 Å². The van der Waals surface area contributed by atoms with Gasteiger partial charge in [-0.15, -0.1) is 0 Å². The van der Waals surface area contributed by atoms with Gasteiger partial charge in [-0.3, -0.25) is 4.79 Å². The molecule has 26 heavy (non-hydrogen) atoms.